The molecule has 2 aromatic carbocycles. The summed E-state index contributed by atoms with van der Waals surface area (Å²) in [5, 5.41) is 2.65. The number of carbonyl (C=O) groups is 2. The number of carbonyl (C=O) groups excluding carboxylic acids is 2. The number of halogens is 1. The summed E-state index contributed by atoms with van der Waals surface area (Å²) >= 11 is 1.56. The SMILES string of the molecule is O=C(CN1C(=O)CC(c2ccco2)Sc2ccccc21)NCc1ccc(F)cc1. The minimum absolute atomic E-state index is 0.0809. The normalized spacial score (nSPS) is 16.2. The van der Waals surface area contributed by atoms with E-state index < -0.39 is 0 Å². The maximum absolute atomic E-state index is 13.0. The second-order valence-electron chi connectivity index (χ2n) is 6.68. The Labute approximate surface area is 171 Å². The maximum atomic E-state index is 13.0. The molecule has 0 aliphatic carbocycles. The molecule has 148 valence electrons. The predicted octanol–water partition coefficient (Wildman–Crippen LogP) is 4.31. The minimum atomic E-state index is -0.324. The van der Waals surface area contributed by atoms with Gasteiger partial charge in [0.2, 0.25) is 11.8 Å². The Morgan fingerprint density at radius 3 is 2.69 bits per heavy atom. The molecule has 0 radical (unpaired) electrons. The summed E-state index contributed by atoms with van der Waals surface area (Å²) in [6.07, 6.45) is 1.83. The van der Waals surface area contributed by atoms with Crippen molar-refractivity contribution in [3.63, 3.8) is 0 Å². The highest BCUT2D eigenvalue weighted by atomic mass is 32.2. The summed E-state index contributed by atoms with van der Waals surface area (Å²) in [5.74, 6) is -0.00377. The standard InChI is InChI=1S/C22H19FN2O3S/c23-16-9-7-15(8-10-16)13-24-21(26)14-25-17-4-1-2-6-19(17)29-20(12-22(25)27)18-5-3-11-28-18/h1-11,20H,12-14H2,(H,24,26). The largest absolute Gasteiger partial charge is 0.468 e. The van der Waals surface area contributed by atoms with Crippen LogP contribution in [-0.4, -0.2) is 18.4 Å². The lowest BCUT2D eigenvalue weighted by atomic mass is 10.2. The van der Waals surface area contributed by atoms with E-state index in [1.807, 2.05) is 30.3 Å². The monoisotopic (exact) mass is 410 g/mol. The van der Waals surface area contributed by atoms with Gasteiger partial charge in [-0.2, -0.15) is 0 Å². The zero-order chi connectivity index (χ0) is 20.2. The summed E-state index contributed by atoms with van der Waals surface area (Å²) in [6.45, 7) is 0.190. The number of para-hydroxylation sites is 1. The van der Waals surface area contributed by atoms with Crippen molar-refractivity contribution in [3.05, 3.63) is 84.1 Å². The van der Waals surface area contributed by atoms with Crippen molar-refractivity contribution in [2.24, 2.45) is 0 Å². The van der Waals surface area contributed by atoms with Crippen LogP contribution in [0.15, 0.2) is 76.2 Å². The van der Waals surface area contributed by atoms with Crippen molar-refractivity contribution in [3.8, 4) is 0 Å². The van der Waals surface area contributed by atoms with E-state index in [2.05, 4.69) is 5.32 Å². The number of hydrogen-bond acceptors (Lipinski definition) is 4. The fraction of sp³-hybridized carbons (Fsp3) is 0.182. The molecule has 1 aromatic heterocycles. The van der Waals surface area contributed by atoms with Crippen LogP contribution >= 0.6 is 11.8 Å². The van der Waals surface area contributed by atoms with Gasteiger partial charge in [0, 0.05) is 17.9 Å². The fourth-order valence-electron chi connectivity index (χ4n) is 3.19. The van der Waals surface area contributed by atoms with Gasteiger partial charge in [-0.25, -0.2) is 4.39 Å². The summed E-state index contributed by atoms with van der Waals surface area (Å²) in [4.78, 5) is 27.9. The lowest BCUT2D eigenvalue weighted by Gasteiger charge is -2.22. The average molecular weight is 410 g/mol. The van der Waals surface area contributed by atoms with Crippen LogP contribution < -0.4 is 10.2 Å². The molecule has 1 unspecified atom stereocenters. The summed E-state index contributed by atoms with van der Waals surface area (Å²) < 4.78 is 18.5. The Balaban J connectivity index is 1.49. The number of amides is 2. The van der Waals surface area contributed by atoms with Gasteiger partial charge in [-0.05, 0) is 42.0 Å². The van der Waals surface area contributed by atoms with Crippen molar-refractivity contribution in [1.29, 1.82) is 0 Å². The van der Waals surface area contributed by atoms with Crippen LogP contribution in [0.25, 0.3) is 0 Å². The number of anilines is 1. The Morgan fingerprint density at radius 1 is 1.14 bits per heavy atom. The van der Waals surface area contributed by atoms with Crippen LogP contribution in [0.3, 0.4) is 0 Å². The van der Waals surface area contributed by atoms with Crippen molar-refractivity contribution in [1.82, 2.24) is 5.32 Å². The van der Waals surface area contributed by atoms with Crippen LogP contribution in [0.1, 0.15) is 23.0 Å². The number of rotatable bonds is 5. The Bertz CT molecular complexity index is 1010. The number of benzene rings is 2. The van der Waals surface area contributed by atoms with Crippen LogP contribution in [0, 0.1) is 5.82 Å². The smallest absolute Gasteiger partial charge is 0.240 e. The van der Waals surface area contributed by atoms with Gasteiger partial charge < -0.3 is 14.6 Å². The first kappa shape index (κ1) is 19.3. The second-order valence-corrected chi connectivity index (χ2v) is 7.92. The van der Waals surface area contributed by atoms with Gasteiger partial charge in [0.25, 0.3) is 0 Å². The third-order valence-corrected chi connectivity index (χ3v) is 5.93. The molecule has 0 saturated heterocycles. The first-order valence-electron chi connectivity index (χ1n) is 9.21. The van der Waals surface area contributed by atoms with Gasteiger partial charge in [0.05, 0.1) is 17.2 Å². The predicted molar refractivity (Wildman–Crippen MR) is 109 cm³/mol. The van der Waals surface area contributed by atoms with E-state index in [0.717, 1.165) is 16.2 Å². The van der Waals surface area contributed by atoms with Crippen LogP contribution in [0.2, 0.25) is 0 Å². The minimum Gasteiger partial charge on any atom is -0.468 e. The van der Waals surface area contributed by atoms with E-state index in [1.54, 1.807) is 36.2 Å². The van der Waals surface area contributed by atoms with Crippen molar-refractivity contribution in [2.45, 2.75) is 23.1 Å². The van der Waals surface area contributed by atoms with E-state index in [1.165, 1.54) is 17.0 Å². The number of nitrogens with one attached hydrogen (secondary N) is 1. The molecular weight excluding hydrogens is 391 g/mol. The molecule has 3 aromatic rings. The fourth-order valence-corrected chi connectivity index (χ4v) is 4.43. The number of thioether (sulfide) groups is 1. The second kappa shape index (κ2) is 8.53. The number of nitrogens with zero attached hydrogens (tertiary/aromatic N) is 1. The molecule has 4 rings (SSSR count). The average Bonchev–Trinajstić information content (AvgIpc) is 3.22. The molecule has 2 amide bonds. The van der Waals surface area contributed by atoms with E-state index in [9.17, 15) is 14.0 Å². The summed E-state index contributed by atoms with van der Waals surface area (Å²) in [5.41, 5.74) is 1.50. The van der Waals surface area contributed by atoms with Gasteiger partial charge in [0.1, 0.15) is 18.1 Å². The highest BCUT2D eigenvalue weighted by molar-refractivity contribution is 7.99. The molecule has 0 fully saturated rings. The van der Waals surface area contributed by atoms with Gasteiger partial charge in [-0.3, -0.25) is 9.59 Å². The van der Waals surface area contributed by atoms with Gasteiger partial charge in [-0.1, -0.05) is 24.3 Å². The highest BCUT2D eigenvalue weighted by Crippen LogP contribution is 2.45. The van der Waals surface area contributed by atoms with E-state index in [0.29, 0.717) is 5.69 Å². The van der Waals surface area contributed by atoms with Gasteiger partial charge >= 0.3 is 0 Å². The lowest BCUT2D eigenvalue weighted by Crippen LogP contribution is -2.40. The van der Waals surface area contributed by atoms with Crippen molar-refractivity contribution >= 4 is 29.3 Å². The lowest BCUT2D eigenvalue weighted by molar-refractivity contribution is -0.124. The quantitative estimate of drug-likeness (QED) is 0.681. The molecule has 1 aliphatic heterocycles. The molecule has 0 bridgehead atoms. The zero-order valence-corrected chi connectivity index (χ0v) is 16.3. The molecule has 1 atom stereocenters. The molecule has 29 heavy (non-hydrogen) atoms. The molecule has 7 heteroatoms. The zero-order valence-electron chi connectivity index (χ0n) is 15.5. The van der Waals surface area contributed by atoms with Gasteiger partial charge in [0.15, 0.2) is 0 Å². The Morgan fingerprint density at radius 2 is 1.93 bits per heavy atom. The molecule has 0 saturated carbocycles. The third-order valence-electron chi connectivity index (χ3n) is 4.65. The van der Waals surface area contributed by atoms with Gasteiger partial charge in [-0.15, -0.1) is 11.8 Å². The topological polar surface area (TPSA) is 62.6 Å². The first-order valence-corrected chi connectivity index (χ1v) is 10.1. The molecular formula is C22H19FN2O3S. The van der Waals surface area contributed by atoms with Crippen LogP contribution in [-0.2, 0) is 16.1 Å². The van der Waals surface area contributed by atoms with Crippen molar-refractivity contribution < 1.29 is 18.4 Å². The van der Waals surface area contributed by atoms with E-state index in [4.69, 9.17) is 4.42 Å². The Kier molecular flexibility index (Phi) is 5.67. The maximum Gasteiger partial charge on any atom is 0.240 e. The third kappa shape index (κ3) is 4.51. The van der Waals surface area contributed by atoms with E-state index in [-0.39, 0.29) is 42.4 Å². The molecule has 5 nitrogen and oxygen atoms in total. The Hall–Kier alpha value is -3.06. The molecule has 1 N–H and O–H groups in total. The van der Waals surface area contributed by atoms with Crippen molar-refractivity contribution in [2.75, 3.05) is 11.4 Å². The number of hydrogen-bond donors (Lipinski definition) is 1. The van der Waals surface area contributed by atoms with E-state index >= 15 is 0 Å². The highest BCUT2D eigenvalue weighted by Gasteiger charge is 2.31. The van der Waals surface area contributed by atoms with Crippen LogP contribution in [0.4, 0.5) is 10.1 Å². The number of fused-ring (bicyclic) bond motifs is 1. The van der Waals surface area contributed by atoms with Crippen LogP contribution in [0.5, 0.6) is 0 Å². The summed E-state index contributed by atoms with van der Waals surface area (Å²) in [6, 6.07) is 17.1. The number of furan rings is 1. The molecule has 1 aliphatic rings. The molecule has 2 heterocycles. The first-order chi connectivity index (χ1) is 14.1. The summed E-state index contributed by atoms with van der Waals surface area (Å²) in [7, 11) is 0. The molecule has 0 spiro atoms.